The lowest BCUT2D eigenvalue weighted by atomic mass is 9.65. The maximum Gasteiger partial charge on any atom is -0.0130 e. The Labute approximate surface area is 140 Å². The number of hydrogen-bond acceptors (Lipinski definition) is 0. The summed E-state index contributed by atoms with van der Waals surface area (Å²) < 4.78 is 0. The molecule has 2 aromatic rings. The summed E-state index contributed by atoms with van der Waals surface area (Å²) in [5.41, 5.74) is 9.02. The molecule has 2 aromatic carbocycles. The molecule has 0 radical (unpaired) electrons. The molecule has 0 aromatic heterocycles. The van der Waals surface area contributed by atoms with Crippen LogP contribution in [0, 0.1) is 25.7 Å². The first kappa shape index (κ1) is 15.0. The van der Waals surface area contributed by atoms with E-state index in [0.29, 0.717) is 0 Å². The van der Waals surface area contributed by atoms with Crippen LogP contribution in [-0.2, 0) is 6.42 Å². The second-order valence-electron chi connectivity index (χ2n) is 8.00. The van der Waals surface area contributed by atoms with Gasteiger partial charge in [0.15, 0.2) is 0 Å². The lowest BCUT2D eigenvalue weighted by Gasteiger charge is -2.40. The Morgan fingerprint density at radius 1 is 0.870 bits per heavy atom. The molecule has 3 atom stereocenters. The lowest BCUT2D eigenvalue weighted by molar-refractivity contribution is 0.221. The quantitative estimate of drug-likeness (QED) is 0.569. The van der Waals surface area contributed by atoms with Crippen LogP contribution in [0.2, 0.25) is 0 Å². The summed E-state index contributed by atoms with van der Waals surface area (Å²) in [7, 11) is 0. The van der Waals surface area contributed by atoms with Gasteiger partial charge in [0.25, 0.3) is 0 Å². The van der Waals surface area contributed by atoms with Crippen molar-refractivity contribution >= 4 is 0 Å². The molecule has 2 aliphatic carbocycles. The van der Waals surface area contributed by atoms with E-state index in [0.717, 1.165) is 17.8 Å². The van der Waals surface area contributed by atoms with Crippen LogP contribution in [0.15, 0.2) is 36.4 Å². The van der Waals surface area contributed by atoms with Gasteiger partial charge in [-0.1, -0.05) is 55.3 Å². The molecule has 0 N–H and O–H groups in total. The van der Waals surface area contributed by atoms with Gasteiger partial charge in [-0.05, 0) is 85.1 Å². The number of aryl methyl sites for hydroxylation is 1. The van der Waals surface area contributed by atoms with Gasteiger partial charge < -0.3 is 0 Å². The largest absolute Gasteiger partial charge is 0.0625 e. The van der Waals surface area contributed by atoms with Crippen LogP contribution in [0.25, 0.3) is 11.1 Å². The van der Waals surface area contributed by atoms with E-state index < -0.39 is 0 Å². The normalized spacial score (nSPS) is 26.5. The summed E-state index contributed by atoms with van der Waals surface area (Å²) in [6.07, 6.45) is 6.96. The van der Waals surface area contributed by atoms with Crippen LogP contribution >= 0.6 is 0 Å². The number of fused-ring (bicyclic) bond motifs is 3. The Kier molecular flexibility index (Phi) is 3.79. The first-order valence-corrected chi connectivity index (χ1v) is 9.33. The molecule has 120 valence electrons. The molecule has 0 heterocycles. The molecule has 0 aliphatic heterocycles. The first-order valence-electron chi connectivity index (χ1n) is 9.33. The average molecular weight is 304 g/mol. The van der Waals surface area contributed by atoms with Gasteiger partial charge in [0, 0.05) is 0 Å². The van der Waals surface area contributed by atoms with Crippen LogP contribution < -0.4 is 0 Å². The van der Waals surface area contributed by atoms with Crippen LogP contribution in [0.4, 0.5) is 0 Å². The Bertz CT molecular complexity index is 708. The van der Waals surface area contributed by atoms with E-state index in [1.807, 2.05) is 0 Å². The number of hydrogen-bond donors (Lipinski definition) is 0. The van der Waals surface area contributed by atoms with Gasteiger partial charge in [-0.2, -0.15) is 0 Å². The van der Waals surface area contributed by atoms with Crippen molar-refractivity contribution in [2.24, 2.45) is 11.8 Å². The topological polar surface area (TPSA) is 0 Å². The zero-order chi connectivity index (χ0) is 16.0. The van der Waals surface area contributed by atoms with Crippen molar-refractivity contribution in [1.29, 1.82) is 0 Å². The molecule has 0 saturated heterocycles. The smallest absolute Gasteiger partial charge is 0.0130 e. The summed E-state index contributed by atoms with van der Waals surface area (Å²) in [4.78, 5) is 0. The van der Waals surface area contributed by atoms with E-state index in [1.165, 1.54) is 54.4 Å². The summed E-state index contributed by atoms with van der Waals surface area (Å²) in [5, 5.41) is 0. The highest BCUT2D eigenvalue weighted by atomic mass is 14.4. The van der Waals surface area contributed by atoms with Crippen molar-refractivity contribution in [2.45, 2.75) is 58.8 Å². The molecule has 3 unspecified atom stereocenters. The van der Waals surface area contributed by atoms with E-state index in [4.69, 9.17) is 0 Å². The monoisotopic (exact) mass is 304 g/mol. The predicted octanol–water partition coefficient (Wildman–Crippen LogP) is 6.44. The first-order chi connectivity index (χ1) is 11.1. The molecule has 23 heavy (non-hydrogen) atoms. The van der Waals surface area contributed by atoms with Gasteiger partial charge in [-0.15, -0.1) is 0 Å². The Morgan fingerprint density at radius 2 is 1.65 bits per heavy atom. The molecule has 4 rings (SSSR count). The highest BCUT2D eigenvalue weighted by molar-refractivity contribution is 5.70. The fraction of sp³-hybridized carbons (Fsp3) is 0.478. The molecular weight excluding hydrogens is 276 g/mol. The number of benzene rings is 2. The van der Waals surface area contributed by atoms with E-state index in [-0.39, 0.29) is 0 Å². The maximum absolute atomic E-state index is 2.46. The molecule has 0 heteroatoms. The molecule has 1 fully saturated rings. The van der Waals surface area contributed by atoms with Crippen LogP contribution in [-0.4, -0.2) is 0 Å². The summed E-state index contributed by atoms with van der Waals surface area (Å²) in [6.45, 7) is 6.95. The fourth-order valence-electron chi connectivity index (χ4n) is 5.06. The predicted molar refractivity (Wildman–Crippen MR) is 98.9 cm³/mol. The van der Waals surface area contributed by atoms with Crippen LogP contribution in [0.3, 0.4) is 0 Å². The van der Waals surface area contributed by atoms with Crippen molar-refractivity contribution in [3.8, 4) is 11.1 Å². The zero-order valence-corrected chi connectivity index (χ0v) is 14.7. The second-order valence-corrected chi connectivity index (χ2v) is 8.00. The van der Waals surface area contributed by atoms with Gasteiger partial charge in [-0.25, -0.2) is 0 Å². The lowest BCUT2D eigenvalue weighted by Crippen LogP contribution is -2.27. The van der Waals surface area contributed by atoms with E-state index in [9.17, 15) is 0 Å². The molecule has 2 aliphatic rings. The van der Waals surface area contributed by atoms with Gasteiger partial charge in [0.1, 0.15) is 0 Å². The van der Waals surface area contributed by atoms with Crippen molar-refractivity contribution in [1.82, 2.24) is 0 Å². The summed E-state index contributed by atoms with van der Waals surface area (Å²) in [5.74, 6) is 2.71. The third kappa shape index (κ3) is 2.63. The van der Waals surface area contributed by atoms with Crippen molar-refractivity contribution in [3.05, 3.63) is 58.7 Å². The van der Waals surface area contributed by atoms with E-state index in [2.05, 4.69) is 57.2 Å². The summed E-state index contributed by atoms with van der Waals surface area (Å²) in [6, 6.07) is 13.9. The van der Waals surface area contributed by atoms with Crippen LogP contribution in [0.1, 0.15) is 60.8 Å². The minimum Gasteiger partial charge on any atom is -0.0625 e. The SMILES string of the molecule is Cc1ccc(-c2ccc3c(c2C)CCC2CC(C)CCC32)cc1. The minimum absolute atomic E-state index is 0.834. The van der Waals surface area contributed by atoms with Crippen molar-refractivity contribution in [3.63, 3.8) is 0 Å². The Morgan fingerprint density at radius 3 is 2.43 bits per heavy atom. The van der Waals surface area contributed by atoms with Gasteiger partial charge in [-0.3, -0.25) is 0 Å². The van der Waals surface area contributed by atoms with E-state index >= 15 is 0 Å². The molecular formula is C23H28. The molecule has 0 spiro atoms. The second kappa shape index (κ2) is 5.82. The maximum atomic E-state index is 2.46. The molecule has 1 saturated carbocycles. The standard InChI is InChI=1S/C23H28/c1-15-4-7-18(8-5-15)20-12-13-23-21(17(20)3)11-9-19-14-16(2)6-10-22(19)23/h4-5,7-8,12-13,16,19,22H,6,9-11,14H2,1-3H3. The van der Waals surface area contributed by atoms with Crippen LogP contribution in [0.5, 0.6) is 0 Å². The van der Waals surface area contributed by atoms with Crippen molar-refractivity contribution in [2.75, 3.05) is 0 Å². The molecule has 0 bridgehead atoms. The highest BCUT2D eigenvalue weighted by Gasteiger charge is 2.34. The van der Waals surface area contributed by atoms with E-state index in [1.54, 1.807) is 11.1 Å². The minimum atomic E-state index is 0.834. The van der Waals surface area contributed by atoms with Gasteiger partial charge in [0.2, 0.25) is 0 Å². The Balaban J connectivity index is 1.74. The average Bonchev–Trinajstić information content (AvgIpc) is 2.56. The zero-order valence-electron chi connectivity index (χ0n) is 14.7. The highest BCUT2D eigenvalue weighted by Crippen LogP contribution is 2.48. The summed E-state index contributed by atoms with van der Waals surface area (Å²) >= 11 is 0. The van der Waals surface area contributed by atoms with Gasteiger partial charge in [0.05, 0.1) is 0 Å². The Hall–Kier alpha value is -1.56. The third-order valence-corrected chi connectivity index (χ3v) is 6.41. The third-order valence-electron chi connectivity index (χ3n) is 6.41. The number of rotatable bonds is 1. The fourth-order valence-corrected chi connectivity index (χ4v) is 5.06. The molecule has 0 amide bonds. The van der Waals surface area contributed by atoms with Gasteiger partial charge >= 0.3 is 0 Å². The molecule has 0 nitrogen and oxygen atoms in total. The van der Waals surface area contributed by atoms with Crippen molar-refractivity contribution < 1.29 is 0 Å².